The van der Waals surface area contributed by atoms with Crippen LogP contribution in [0.2, 0.25) is 0 Å². The molecule has 0 spiro atoms. The molecule has 2 fully saturated rings. The summed E-state index contributed by atoms with van der Waals surface area (Å²) in [7, 11) is 1.57. The van der Waals surface area contributed by atoms with Gasteiger partial charge in [0.05, 0.1) is 18.7 Å². The number of nitrogens with zero attached hydrogens (tertiary/aromatic N) is 1. The van der Waals surface area contributed by atoms with Crippen LogP contribution < -0.4 is 11.1 Å². The highest BCUT2D eigenvalue weighted by atomic mass is 19.1. The molecule has 1 aliphatic carbocycles. The molecule has 1 unspecified atom stereocenters. The van der Waals surface area contributed by atoms with Crippen LogP contribution >= 0.6 is 0 Å². The summed E-state index contributed by atoms with van der Waals surface area (Å²) in [6.45, 7) is 4.97. The van der Waals surface area contributed by atoms with E-state index in [-0.39, 0.29) is 24.2 Å². The lowest BCUT2D eigenvalue weighted by Gasteiger charge is -2.37. The third kappa shape index (κ3) is 8.29. The molecule has 1 aromatic heterocycles. The van der Waals surface area contributed by atoms with Gasteiger partial charge < -0.3 is 34.6 Å². The van der Waals surface area contributed by atoms with E-state index in [1.807, 2.05) is 42.5 Å². The van der Waals surface area contributed by atoms with Crippen LogP contribution in [-0.2, 0) is 23.8 Å². The maximum atomic E-state index is 14.7. The fourth-order valence-electron chi connectivity index (χ4n) is 7.47. The van der Waals surface area contributed by atoms with Gasteiger partial charge >= 0.3 is 12.1 Å². The Hall–Kier alpha value is -4.45. The molecule has 2 aliphatic rings. The number of benzene rings is 2. The number of halogens is 1. The van der Waals surface area contributed by atoms with Crippen molar-refractivity contribution >= 4 is 34.8 Å². The third-order valence-corrected chi connectivity index (χ3v) is 9.70. The van der Waals surface area contributed by atoms with Crippen LogP contribution in [0.5, 0.6) is 0 Å². The zero-order valence-electron chi connectivity index (χ0n) is 29.2. The second-order valence-electron chi connectivity index (χ2n) is 14.2. The van der Waals surface area contributed by atoms with Gasteiger partial charge in [0.25, 0.3) is 0 Å². The standard InChI is InChI=1S/C38H48FN3O8/c1-38(2,3)50-37(46)41-28(22-39)24-15-17-25(18-16-24)35(44)42-29(21-27(32(42)34(40)43)23-11-6-5-7-12-23)31-26-13-8-9-14-30(26)49-33(31)36(45)48-20-10-19-47-4/h5-9,11-14,24-25,27-29,32H,10,15-22H2,1-4H3,(H2,40,43)(H,41,46)/t24?,25?,27-,28+,29?,32-/m0/s1. The quantitative estimate of drug-likeness (QED) is 0.168. The minimum Gasteiger partial charge on any atom is -0.460 e. The Kier molecular flexibility index (Phi) is 11.8. The van der Waals surface area contributed by atoms with Crippen LogP contribution in [-0.4, -0.2) is 73.5 Å². The summed E-state index contributed by atoms with van der Waals surface area (Å²) in [5.74, 6) is -2.76. The Morgan fingerprint density at radius 2 is 1.68 bits per heavy atom. The summed E-state index contributed by atoms with van der Waals surface area (Å²) < 4.78 is 36.3. The second-order valence-corrected chi connectivity index (χ2v) is 14.2. The van der Waals surface area contributed by atoms with Crippen molar-refractivity contribution in [2.45, 2.75) is 88.9 Å². The molecule has 1 aliphatic heterocycles. The van der Waals surface area contributed by atoms with Crippen LogP contribution in [0.4, 0.5) is 9.18 Å². The fourth-order valence-corrected chi connectivity index (χ4v) is 7.47. The number of esters is 1. The first-order valence-corrected chi connectivity index (χ1v) is 17.3. The second kappa shape index (κ2) is 16.1. The maximum absolute atomic E-state index is 14.7. The van der Waals surface area contributed by atoms with Gasteiger partial charge in [-0.3, -0.25) is 9.59 Å². The Balaban J connectivity index is 1.47. The lowest BCUT2D eigenvalue weighted by molar-refractivity contribution is -0.144. The molecule has 11 nitrogen and oxygen atoms in total. The van der Waals surface area contributed by atoms with Gasteiger partial charge in [-0.2, -0.15) is 0 Å². The fraction of sp³-hybridized carbons (Fsp3) is 0.526. The summed E-state index contributed by atoms with van der Waals surface area (Å²) in [6, 6.07) is 14.1. The molecule has 2 heterocycles. The average Bonchev–Trinajstić information content (AvgIpc) is 3.68. The number of para-hydroxylation sites is 1. The van der Waals surface area contributed by atoms with Crippen LogP contribution in [0.3, 0.4) is 0 Å². The van der Waals surface area contributed by atoms with Crippen molar-refractivity contribution in [2.75, 3.05) is 27.0 Å². The molecule has 0 bridgehead atoms. The summed E-state index contributed by atoms with van der Waals surface area (Å²) in [6.07, 6.45) is 1.92. The molecule has 0 radical (unpaired) electrons. The number of primary amides is 1. The van der Waals surface area contributed by atoms with Gasteiger partial charge in [-0.25, -0.2) is 14.0 Å². The number of likely N-dealkylation sites (tertiary alicyclic amines) is 1. The molecular weight excluding hydrogens is 645 g/mol. The highest BCUT2D eigenvalue weighted by molar-refractivity contribution is 5.98. The number of rotatable bonds is 12. The minimum atomic E-state index is -1.00. The van der Waals surface area contributed by atoms with E-state index in [1.165, 1.54) is 0 Å². The number of alkyl carbamates (subject to hydrolysis) is 1. The SMILES string of the molecule is COCCCOC(=O)c1oc2ccccc2c1C1C[C@@H](c2ccccc2)[C@@H](C(N)=O)N1C(=O)C1CCC([C@@H](CF)NC(=O)OC(C)(C)C)CC1. The number of fused-ring (bicyclic) bond motifs is 1. The highest BCUT2D eigenvalue weighted by Gasteiger charge is 2.51. The van der Waals surface area contributed by atoms with E-state index in [0.717, 1.165) is 5.56 Å². The summed E-state index contributed by atoms with van der Waals surface area (Å²) in [5.41, 5.74) is 7.16. The van der Waals surface area contributed by atoms with Crippen molar-refractivity contribution in [1.29, 1.82) is 0 Å². The zero-order chi connectivity index (χ0) is 36.0. The molecule has 3 aromatic rings. The first kappa shape index (κ1) is 36.8. The van der Waals surface area contributed by atoms with Crippen molar-refractivity contribution < 1.29 is 42.2 Å². The van der Waals surface area contributed by atoms with E-state index in [4.69, 9.17) is 24.4 Å². The van der Waals surface area contributed by atoms with Crippen molar-refractivity contribution in [1.82, 2.24) is 10.2 Å². The van der Waals surface area contributed by atoms with E-state index >= 15 is 0 Å². The van der Waals surface area contributed by atoms with Crippen LogP contribution in [0.1, 0.15) is 92.9 Å². The minimum absolute atomic E-state index is 0.0222. The molecule has 4 atom stereocenters. The number of ether oxygens (including phenoxy) is 3. The summed E-state index contributed by atoms with van der Waals surface area (Å²) in [4.78, 5) is 55.7. The van der Waals surface area contributed by atoms with Gasteiger partial charge in [0.2, 0.25) is 17.6 Å². The number of alkyl halides is 1. The molecule has 270 valence electrons. The molecule has 3 N–H and O–H groups in total. The van der Waals surface area contributed by atoms with Crippen LogP contribution in [0.25, 0.3) is 11.0 Å². The molecule has 5 rings (SSSR count). The van der Waals surface area contributed by atoms with Crippen molar-refractivity contribution in [3.63, 3.8) is 0 Å². The Morgan fingerprint density at radius 1 is 1.00 bits per heavy atom. The van der Waals surface area contributed by atoms with Gasteiger partial charge in [-0.15, -0.1) is 0 Å². The molecule has 12 heteroatoms. The highest BCUT2D eigenvalue weighted by Crippen LogP contribution is 2.50. The number of carbonyl (C=O) groups is 4. The van der Waals surface area contributed by atoms with Gasteiger partial charge in [0.15, 0.2) is 0 Å². The van der Waals surface area contributed by atoms with Crippen molar-refractivity contribution in [2.24, 2.45) is 17.6 Å². The van der Waals surface area contributed by atoms with E-state index < -0.39 is 60.2 Å². The van der Waals surface area contributed by atoms with E-state index in [0.29, 0.717) is 61.7 Å². The van der Waals surface area contributed by atoms with Gasteiger partial charge in [-0.05, 0) is 70.4 Å². The molecule has 50 heavy (non-hydrogen) atoms. The van der Waals surface area contributed by atoms with Gasteiger partial charge in [-0.1, -0.05) is 48.5 Å². The average molecular weight is 694 g/mol. The first-order chi connectivity index (χ1) is 23.9. The molecular formula is C38H48FN3O8. The van der Waals surface area contributed by atoms with Crippen LogP contribution in [0, 0.1) is 11.8 Å². The Labute approximate surface area is 292 Å². The molecule has 2 aromatic carbocycles. The van der Waals surface area contributed by atoms with E-state index in [1.54, 1.807) is 44.9 Å². The largest absolute Gasteiger partial charge is 0.460 e. The monoisotopic (exact) mass is 693 g/mol. The first-order valence-electron chi connectivity index (χ1n) is 17.3. The number of methoxy groups -OCH3 is 1. The summed E-state index contributed by atoms with van der Waals surface area (Å²) in [5, 5.41) is 3.30. The number of carbonyl (C=O) groups excluding carboxylic acids is 4. The normalized spacial score (nSPS) is 23.0. The number of nitrogens with one attached hydrogen (secondary N) is 1. The van der Waals surface area contributed by atoms with Gasteiger partial charge in [0, 0.05) is 42.9 Å². The van der Waals surface area contributed by atoms with Crippen molar-refractivity contribution in [3.8, 4) is 0 Å². The lowest BCUT2D eigenvalue weighted by atomic mass is 9.78. The number of furan rings is 1. The number of amides is 3. The van der Waals surface area contributed by atoms with E-state index in [2.05, 4.69) is 5.32 Å². The number of nitrogens with two attached hydrogens (primary N) is 1. The predicted molar refractivity (Wildman–Crippen MR) is 184 cm³/mol. The Bertz CT molecular complexity index is 1650. The van der Waals surface area contributed by atoms with Gasteiger partial charge in [0.1, 0.15) is 23.9 Å². The van der Waals surface area contributed by atoms with Crippen molar-refractivity contribution in [3.05, 3.63) is 71.5 Å². The molecule has 1 saturated carbocycles. The smallest absolute Gasteiger partial charge is 0.407 e. The Morgan fingerprint density at radius 3 is 2.32 bits per heavy atom. The van der Waals surface area contributed by atoms with E-state index in [9.17, 15) is 23.6 Å². The maximum Gasteiger partial charge on any atom is 0.407 e. The predicted octanol–water partition coefficient (Wildman–Crippen LogP) is 6.21. The molecule has 3 amide bonds. The summed E-state index contributed by atoms with van der Waals surface area (Å²) >= 11 is 0. The zero-order valence-corrected chi connectivity index (χ0v) is 29.2. The number of hydrogen-bond acceptors (Lipinski definition) is 8. The van der Waals surface area contributed by atoms with Crippen LogP contribution in [0.15, 0.2) is 59.0 Å². The molecule has 1 saturated heterocycles. The topological polar surface area (TPSA) is 150 Å². The third-order valence-electron chi connectivity index (χ3n) is 9.70. The lowest BCUT2D eigenvalue weighted by Crippen LogP contribution is -2.50. The number of hydrogen-bond donors (Lipinski definition) is 2.